The number of nitrogens with one attached hydrogen (secondary N) is 1. The van der Waals surface area contributed by atoms with Crippen LogP contribution in [0.3, 0.4) is 0 Å². The quantitative estimate of drug-likeness (QED) is 0.712. The molecule has 20 heavy (non-hydrogen) atoms. The van der Waals surface area contributed by atoms with Crippen molar-refractivity contribution in [2.24, 2.45) is 0 Å². The molecule has 0 bridgehead atoms. The first-order valence-electron chi connectivity index (χ1n) is 7.75. The van der Waals surface area contributed by atoms with Crippen molar-refractivity contribution in [3.8, 4) is 6.07 Å². The first-order chi connectivity index (χ1) is 9.60. The van der Waals surface area contributed by atoms with Crippen molar-refractivity contribution in [1.29, 1.82) is 5.26 Å². The number of piperazine rings is 1. The molecule has 0 saturated carbocycles. The zero-order valence-corrected chi connectivity index (χ0v) is 13.1. The van der Waals surface area contributed by atoms with Gasteiger partial charge in [-0.25, -0.2) is 0 Å². The third-order valence-electron chi connectivity index (χ3n) is 4.09. The van der Waals surface area contributed by atoms with E-state index in [4.69, 9.17) is 5.26 Å². The van der Waals surface area contributed by atoms with E-state index in [0.717, 1.165) is 39.1 Å². The number of nitriles is 1. The molecule has 5 heteroatoms. The molecule has 1 fully saturated rings. The van der Waals surface area contributed by atoms with Gasteiger partial charge in [0.2, 0.25) is 5.91 Å². The van der Waals surface area contributed by atoms with Gasteiger partial charge < -0.3 is 5.32 Å². The van der Waals surface area contributed by atoms with E-state index >= 15 is 0 Å². The van der Waals surface area contributed by atoms with Gasteiger partial charge in [0.05, 0.1) is 18.2 Å². The SMILES string of the molecule is CCCCCNC(=O)C(C)N1CCN(C(C)C#N)CC1. The molecule has 2 unspecified atom stereocenters. The highest BCUT2D eigenvalue weighted by molar-refractivity contribution is 5.81. The summed E-state index contributed by atoms with van der Waals surface area (Å²) >= 11 is 0. The number of hydrogen-bond donors (Lipinski definition) is 1. The molecule has 0 aromatic rings. The van der Waals surface area contributed by atoms with Gasteiger partial charge in [0.25, 0.3) is 0 Å². The maximum absolute atomic E-state index is 12.1. The third-order valence-corrected chi connectivity index (χ3v) is 4.09. The predicted octanol–water partition coefficient (Wildman–Crippen LogP) is 1.21. The van der Waals surface area contributed by atoms with Gasteiger partial charge in [-0.1, -0.05) is 19.8 Å². The Morgan fingerprint density at radius 3 is 2.35 bits per heavy atom. The van der Waals surface area contributed by atoms with Gasteiger partial charge in [0, 0.05) is 32.7 Å². The summed E-state index contributed by atoms with van der Waals surface area (Å²) in [5.41, 5.74) is 0. The van der Waals surface area contributed by atoms with Crippen molar-refractivity contribution < 1.29 is 4.79 Å². The first-order valence-corrected chi connectivity index (χ1v) is 7.75. The normalized spacial score (nSPS) is 20.1. The molecule has 0 aliphatic carbocycles. The Labute approximate surface area is 122 Å². The second-order valence-corrected chi connectivity index (χ2v) is 5.55. The van der Waals surface area contributed by atoms with Crippen LogP contribution >= 0.6 is 0 Å². The topological polar surface area (TPSA) is 59.4 Å². The fourth-order valence-electron chi connectivity index (χ4n) is 2.49. The lowest BCUT2D eigenvalue weighted by atomic mass is 10.2. The number of hydrogen-bond acceptors (Lipinski definition) is 4. The third kappa shape index (κ3) is 5.10. The Kier molecular flexibility index (Phi) is 7.56. The maximum Gasteiger partial charge on any atom is 0.237 e. The number of amides is 1. The second-order valence-electron chi connectivity index (χ2n) is 5.55. The number of rotatable bonds is 7. The van der Waals surface area contributed by atoms with Crippen LogP contribution in [0.2, 0.25) is 0 Å². The lowest BCUT2D eigenvalue weighted by Crippen LogP contribution is -2.55. The molecule has 1 amide bonds. The summed E-state index contributed by atoms with van der Waals surface area (Å²) in [5, 5.41) is 11.9. The fraction of sp³-hybridized carbons (Fsp3) is 0.867. The van der Waals surface area contributed by atoms with E-state index in [9.17, 15) is 4.79 Å². The van der Waals surface area contributed by atoms with Crippen LogP contribution in [-0.4, -0.2) is 60.5 Å². The van der Waals surface area contributed by atoms with Crippen molar-refractivity contribution in [1.82, 2.24) is 15.1 Å². The van der Waals surface area contributed by atoms with Crippen LogP contribution in [-0.2, 0) is 4.79 Å². The Morgan fingerprint density at radius 2 is 1.80 bits per heavy atom. The van der Waals surface area contributed by atoms with Crippen LogP contribution in [0.25, 0.3) is 0 Å². The van der Waals surface area contributed by atoms with Gasteiger partial charge in [-0.3, -0.25) is 14.6 Å². The van der Waals surface area contributed by atoms with E-state index in [1.54, 1.807) is 0 Å². The summed E-state index contributed by atoms with van der Waals surface area (Å²) in [4.78, 5) is 16.4. The summed E-state index contributed by atoms with van der Waals surface area (Å²) < 4.78 is 0. The van der Waals surface area contributed by atoms with E-state index in [1.807, 2.05) is 13.8 Å². The Morgan fingerprint density at radius 1 is 1.20 bits per heavy atom. The molecule has 1 saturated heterocycles. The Hall–Kier alpha value is -1.12. The monoisotopic (exact) mass is 280 g/mol. The van der Waals surface area contributed by atoms with Crippen molar-refractivity contribution in [2.45, 2.75) is 52.1 Å². The average molecular weight is 280 g/mol. The molecule has 1 aliphatic heterocycles. The molecule has 1 aliphatic rings. The van der Waals surface area contributed by atoms with Crippen molar-refractivity contribution in [2.75, 3.05) is 32.7 Å². The minimum absolute atomic E-state index is 0.0321. The second kappa shape index (κ2) is 8.93. The van der Waals surface area contributed by atoms with Crippen LogP contribution in [0.4, 0.5) is 0 Å². The molecule has 2 atom stereocenters. The molecule has 1 N–H and O–H groups in total. The van der Waals surface area contributed by atoms with Crippen LogP contribution in [0, 0.1) is 11.3 Å². The largest absolute Gasteiger partial charge is 0.355 e. The molecule has 114 valence electrons. The van der Waals surface area contributed by atoms with Gasteiger partial charge in [0.1, 0.15) is 0 Å². The summed E-state index contributed by atoms with van der Waals surface area (Å²) in [6.07, 6.45) is 3.40. The molecular weight excluding hydrogens is 252 g/mol. The van der Waals surface area contributed by atoms with Crippen LogP contribution in [0.1, 0.15) is 40.0 Å². The molecule has 0 radical (unpaired) electrons. The summed E-state index contributed by atoms with van der Waals surface area (Å²) in [6.45, 7) is 10.3. The molecule has 1 rings (SSSR count). The molecule has 1 heterocycles. The summed E-state index contributed by atoms with van der Waals surface area (Å²) in [7, 11) is 0. The average Bonchev–Trinajstić information content (AvgIpc) is 2.50. The van der Waals surface area contributed by atoms with Gasteiger partial charge in [-0.15, -0.1) is 0 Å². The Bertz CT molecular complexity index is 331. The zero-order chi connectivity index (χ0) is 15.0. The van der Waals surface area contributed by atoms with Crippen LogP contribution in [0.5, 0.6) is 0 Å². The van der Waals surface area contributed by atoms with Gasteiger partial charge >= 0.3 is 0 Å². The van der Waals surface area contributed by atoms with E-state index in [-0.39, 0.29) is 18.0 Å². The summed E-state index contributed by atoms with van der Waals surface area (Å²) in [6, 6.07) is 2.16. The van der Waals surface area contributed by atoms with E-state index < -0.39 is 0 Å². The zero-order valence-electron chi connectivity index (χ0n) is 13.1. The highest BCUT2D eigenvalue weighted by Crippen LogP contribution is 2.09. The smallest absolute Gasteiger partial charge is 0.237 e. The number of unbranched alkanes of at least 4 members (excludes halogenated alkanes) is 2. The molecule has 0 spiro atoms. The minimum Gasteiger partial charge on any atom is -0.355 e. The van der Waals surface area contributed by atoms with Crippen molar-refractivity contribution in [3.05, 3.63) is 0 Å². The van der Waals surface area contributed by atoms with Crippen molar-refractivity contribution in [3.63, 3.8) is 0 Å². The van der Waals surface area contributed by atoms with Gasteiger partial charge in [-0.05, 0) is 20.3 Å². The molecule has 0 aromatic carbocycles. The molecule has 5 nitrogen and oxygen atoms in total. The van der Waals surface area contributed by atoms with Gasteiger partial charge in [0.15, 0.2) is 0 Å². The van der Waals surface area contributed by atoms with E-state index in [2.05, 4.69) is 28.1 Å². The first kappa shape index (κ1) is 16.9. The van der Waals surface area contributed by atoms with Crippen LogP contribution < -0.4 is 5.32 Å². The fourth-order valence-corrected chi connectivity index (χ4v) is 2.49. The predicted molar refractivity (Wildman–Crippen MR) is 80.2 cm³/mol. The van der Waals surface area contributed by atoms with Crippen LogP contribution in [0.15, 0.2) is 0 Å². The van der Waals surface area contributed by atoms with Crippen molar-refractivity contribution >= 4 is 5.91 Å². The molecular formula is C15H28N4O. The molecule has 0 aromatic heterocycles. The number of carbonyl (C=O) groups is 1. The highest BCUT2D eigenvalue weighted by Gasteiger charge is 2.26. The maximum atomic E-state index is 12.1. The summed E-state index contributed by atoms with van der Waals surface area (Å²) in [5.74, 6) is 0.128. The Balaban J connectivity index is 2.29. The minimum atomic E-state index is -0.0730. The van der Waals surface area contributed by atoms with E-state index in [1.165, 1.54) is 12.8 Å². The standard InChI is InChI=1S/C15H28N4O/c1-4-5-6-7-17-15(20)14(3)19-10-8-18(9-11-19)13(2)12-16/h13-14H,4-11H2,1-3H3,(H,17,20). The highest BCUT2D eigenvalue weighted by atomic mass is 16.2. The number of nitrogens with zero attached hydrogens (tertiary/aromatic N) is 3. The lowest BCUT2D eigenvalue weighted by Gasteiger charge is -2.38. The van der Waals surface area contributed by atoms with Gasteiger partial charge in [-0.2, -0.15) is 5.26 Å². The number of carbonyl (C=O) groups excluding carboxylic acids is 1. The van der Waals surface area contributed by atoms with E-state index in [0.29, 0.717) is 0 Å². The lowest BCUT2D eigenvalue weighted by molar-refractivity contribution is -0.126.